The average Bonchev–Trinajstić information content (AvgIpc) is 3.33. The van der Waals surface area contributed by atoms with Gasteiger partial charge in [-0.15, -0.1) is 0 Å². The highest BCUT2D eigenvalue weighted by Crippen LogP contribution is 2.47. The molecule has 1 aliphatic heterocycles. The summed E-state index contributed by atoms with van der Waals surface area (Å²) >= 11 is 13.0. The quantitative estimate of drug-likeness (QED) is 0.387. The summed E-state index contributed by atoms with van der Waals surface area (Å²) in [5.74, 6) is -1.33. The van der Waals surface area contributed by atoms with Gasteiger partial charge in [-0.3, -0.25) is 14.3 Å². The van der Waals surface area contributed by atoms with Gasteiger partial charge in [0.25, 0.3) is 5.91 Å². The van der Waals surface area contributed by atoms with Crippen molar-refractivity contribution in [2.75, 3.05) is 12.8 Å². The van der Waals surface area contributed by atoms with Gasteiger partial charge in [0.05, 0.1) is 30.5 Å². The van der Waals surface area contributed by atoms with E-state index in [1.807, 2.05) is 25.3 Å². The van der Waals surface area contributed by atoms with Crippen LogP contribution < -0.4 is 10.0 Å². The number of halogens is 2. The number of carbonyl (C=O) groups excluding carboxylic acids is 2. The van der Waals surface area contributed by atoms with Crippen molar-refractivity contribution in [1.29, 1.82) is 0 Å². The van der Waals surface area contributed by atoms with E-state index >= 15 is 0 Å². The Morgan fingerprint density at radius 3 is 2.54 bits per heavy atom. The fourth-order valence-corrected chi connectivity index (χ4v) is 7.46. The maximum Gasteiger partial charge on any atom is 0.255 e. The Bertz CT molecular complexity index is 1560. The Morgan fingerprint density at radius 1 is 1.07 bits per heavy atom. The first kappa shape index (κ1) is 29.6. The Morgan fingerprint density at radius 2 is 1.83 bits per heavy atom. The number of nitrogens with one attached hydrogen (secondary N) is 2. The highest BCUT2D eigenvalue weighted by Gasteiger charge is 2.49. The highest BCUT2D eigenvalue weighted by molar-refractivity contribution is 7.88. The molecule has 1 saturated carbocycles. The minimum atomic E-state index is -3.55. The van der Waals surface area contributed by atoms with Crippen molar-refractivity contribution in [3.8, 4) is 0 Å². The molecule has 1 aromatic heterocycles. The summed E-state index contributed by atoms with van der Waals surface area (Å²) in [4.78, 5) is 30.1. The number of nitrogens with zero attached hydrogens (tertiary/aromatic N) is 3. The van der Waals surface area contributed by atoms with Crippen LogP contribution in [0.25, 0.3) is 0 Å². The topological polar surface area (TPSA) is 113 Å². The average molecular weight is 619 g/mol. The van der Waals surface area contributed by atoms with Crippen LogP contribution in [0.15, 0.2) is 54.7 Å². The zero-order chi connectivity index (χ0) is 29.3. The maximum atomic E-state index is 14.3. The Hall–Kier alpha value is -2.92. The van der Waals surface area contributed by atoms with Gasteiger partial charge in [0.1, 0.15) is 0 Å². The standard InChI is InChI=1S/C29H33Cl2N5O4S/c1-18-13-15-35(33-18)16-14-32-28(37)26-20-7-3-4-8-21(20)29(38)36(27(26)22-12-11-19(30)17-23(22)31)25-10-6-5-9-24(25)34-41(2,39)40/h3-4,7-8,11-13,15,17,24-27,34H,5-6,9-10,14,16H2,1-2H3,(H,32,37)/t24-,25-,26+,27-/m0/s1. The monoisotopic (exact) mass is 617 g/mol. The van der Waals surface area contributed by atoms with E-state index in [-0.39, 0.29) is 11.8 Å². The predicted molar refractivity (Wildman–Crippen MR) is 159 cm³/mol. The zero-order valence-electron chi connectivity index (χ0n) is 22.9. The fraction of sp³-hybridized carbons (Fsp3) is 0.414. The van der Waals surface area contributed by atoms with Crippen molar-refractivity contribution >= 4 is 45.0 Å². The first-order valence-electron chi connectivity index (χ1n) is 13.6. The second-order valence-electron chi connectivity index (χ2n) is 10.7. The third-order valence-corrected chi connectivity index (χ3v) is 9.10. The van der Waals surface area contributed by atoms with Gasteiger partial charge in [0.2, 0.25) is 15.9 Å². The molecule has 1 aliphatic carbocycles. The SMILES string of the molecule is Cc1ccn(CCNC(=O)[C@@H]2c3ccccc3C(=O)N([C@H]3CCCC[C@@H]3NS(C)(=O)=O)[C@H]2c2ccc(Cl)cc2Cl)n1. The van der Waals surface area contributed by atoms with Crippen molar-refractivity contribution in [3.63, 3.8) is 0 Å². The van der Waals surface area contributed by atoms with Crippen molar-refractivity contribution < 1.29 is 18.0 Å². The van der Waals surface area contributed by atoms with Gasteiger partial charge in [-0.1, -0.05) is 60.3 Å². The number of aryl methyl sites for hydroxylation is 1. The van der Waals surface area contributed by atoms with Gasteiger partial charge in [-0.25, -0.2) is 13.1 Å². The highest BCUT2D eigenvalue weighted by atomic mass is 35.5. The van der Waals surface area contributed by atoms with E-state index in [4.69, 9.17) is 23.2 Å². The van der Waals surface area contributed by atoms with Crippen molar-refractivity contribution in [1.82, 2.24) is 24.7 Å². The molecular formula is C29H33Cl2N5O4S. The molecule has 0 spiro atoms. The Labute approximate surface area is 250 Å². The summed E-state index contributed by atoms with van der Waals surface area (Å²) in [5, 5.41) is 8.19. The van der Waals surface area contributed by atoms with Gasteiger partial charge in [0.15, 0.2) is 0 Å². The summed E-state index contributed by atoms with van der Waals surface area (Å²) in [6.07, 6.45) is 5.77. The van der Waals surface area contributed by atoms with E-state index in [1.54, 1.807) is 46.0 Å². The molecule has 2 aromatic carbocycles. The molecule has 3 aromatic rings. The molecule has 41 heavy (non-hydrogen) atoms. The minimum absolute atomic E-state index is 0.264. The van der Waals surface area contributed by atoms with Crippen LogP contribution in [-0.4, -0.2) is 59.8 Å². The van der Waals surface area contributed by atoms with Gasteiger partial charge in [-0.2, -0.15) is 5.10 Å². The third kappa shape index (κ3) is 6.45. The second kappa shape index (κ2) is 12.1. The number of rotatable bonds is 8. The fourth-order valence-electron chi connectivity index (χ4n) is 6.12. The van der Waals surface area contributed by atoms with Crippen LogP contribution in [0, 0.1) is 6.92 Å². The number of fused-ring (bicyclic) bond motifs is 1. The molecule has 4 atom stereocenters. The van der Waals surface area contributed by atoms with Crippen LogP contribution in [0.5, 0.6) is 0 Å². The van der Waals surface area contributed by atoms with Crippen LogP contribution in [0.1, 0.15) is 64.8 Å². The second-order valence-corrected chi connectivity index (χ2v) is 13.4. The van der Waals surface area contributed by atoms with E-state index < -0.39 is 34.1 Å². The molecule has 218 valence electrons. The van der Waals surface area contributed by atoms with E-state index in [9.17, 15) is 18.0 Å². The molecular weight excluding hydrogens is 585 g/mol. The maximum absolute atomic E-state index is 14.3. The van der Waals surface area contributed by atoms with Crippen LogP contribution in [0.3, 0.4) is 0 Å². The molecule has 12 heteroatoms. The molecule has 0 radical (unpaired) electrons. The van der Waals surface area contributed by atoms with Crippen LogP contribution >= 0.6 is 23.2 Å². The smallest absolute Gasteiger partial charge is 0.255 e. The number of hydrogen-bond donors (Lipinski definition) is 2. The number of aromatic nitrogens is 2. The number of sulfonamides is 1. The lowest BCUT2D eigenvalue weighted by molar-refractivity contribution is -0.124. The number of benzene rings is 2. The summed E-state index contributed by atoms with van der Waals surface area (Å²) in [7, 11) is -3.55. The summed E-state index contributed by atoms with van der Waals surface area (Å²) in [6.45, 7) is 2.71. The van der Waals surface area contributed by atoms with E-state index in [2.05, 4.69) is 15.1 Å². The number of carbonyl (C=O) groups is 2. The lowest BCUT2D eigenvalue weighted by atomic mass is 9.76. The van der Waals surface area contributed by atoms with E-state index in [0.29, 0.717) is 52.7 Å². The largest absolute Gasteiger partial charge is 0.354 e. The lowest BCUT2D eigenvalue weighted by Crippen LogP contribution is -2.59. The molecule has 2 N–H and O–H groups in total. The molecule has 2 heterocycles. The third-order valence-electron chi connectivity index (χ3n) is 7.81. The summed E-state index contributed by atoms with van der Waals surface area (Å²) in [6, 6.07) is 12.3. The van der Waals surface area contributed by atoms with E-state index in [0.717, 1.165) is 24.8 Å². The van der Waals surface area contributed by atoms with Gasteiger partial charge >= 0.3 is 0 Å². The molecule has 2 amide bonds. The first-order valence-corrected chi connectivity index (χ1v) is 16.3. The van der Waals surface area contributed by atoms with Crippen molar-refractivity contribution in [2.45, 2.75) is 63.2 Å². The molecule has 1 fully saturated rings. The predicted octanol–water partition coefficient (Wildman–Crippen LogP) is 4.46. The molecule has 0 saturated heterocycles. The summed E-state index contributed by atoms with van der Waals surface area (Å²) in [5.41, 5.74) is 2.47. The number of amides is 2. The van der Waals surface area contributed by atoms with Gasteiger partial charge in [0, 0.05) is 40.4 Å². The van der Waals surface area contributed by atoms with Crippen molar-refractivity contribution in [2.24, 2.45) is 0 Å². The molecule has 2 aliphatic rings. The Kier molecular flexibility index (Phi) is 8.75. The molecule has 0 unspecified atom stereocenters. The van der Waals surface area contributed by atoms with Crippen LogP contribution in [0.2, 0.25) is 10.0 Å². The number of hydrogen-bond acceptors (Lipinski definition) is 5. The molecule has 5 rings (SSSR count). The minimum Gasteiger partial charge on any atom is -0.354 e. The molecule has 0 bridgehead atoms. The van der Waals surface area contributed by atoms with E-state index in [1.165, 1.54) is 0 Å². The summed E-state index contributed by atoms with van der Waals surface area (Å²) < 4.78 is 29.2. The van der Waals surface area contributed by atoms with Gasteiger partial charge < -0.3 is 10.2 Å². The zero-order valence-corrected chi connectivity index (χ0v) is 25.2. The first-order chi connectivity index (χ1) is 19.5. The lowest BCUT2D eigenvalue weighted by Gasteiger charge is -2.49. The van der Waals surface area contributed by atoms with Crippen LogP contribution in [0.4, 0.5) is 0 Å². The van der Waals surface area contributed by atoms with Gasteiger partial charge in [-0.05, 0) is 55.2 Å². The van der Waals surface area contributed by atoms with Crippen LogP contribution in [-0.2, 0) is 21.4 Å². The normalized spacial score (nSPS) is 22.8. The Balaban J connectivity index is 1.60. The molecule has 9 nitrogen and oxygen atoms in total. The van der Waals surface area contributed by atoms with Crippen molar-refractivity contribution in [3.05, 3.63) is 87.2 Å².